The van der Waals surface area contributed by atoms with Crippen LogP contribution in [-0.4, -0.2) is 20.5 Å². The first kappa shape index (κ1) is 19.8. The van der Waals surface area contributed by atoms with E-state index in [-0.39, 0.29) is 10.8 Å². The predicted octanol–water partition coefficient (Wildman–Crippen LogP) is 4.36. The van der Waals surface area contributed by atoms with E-state index in [2.05, 4.69) is 11.6 Å². The normalized spacial score (nSPS) is 12.4. The summed E-state index contributed by atoms with van der Waals surface area (Å²) in [6.45, 7) is 5.84. The molecule has 0 amide bonds. The van der Waals surface area contributed by atoms with Gasteiger partial charge in [-0.3, -0.25) is 4.98 Å². The van der Waals surface area contributed by atoms with E-state index in [9.17, 15) is 8.42 Å². The van der Waals surface area contributed by atoms with Crippen molar-refractivity contribution in [1.82, 2.24) is 4.98 Å². The lowest BCUT2D eigenvalue weighted by atomic mass is 9.94. The lowest BCUT2D eigenvalue weighted by molar-refractivity contribution is 0.415. The molecule has 3 aromatic rings. The fraction of sp³-hybridized carbons (Fsp3) is 0.136. The number of hydrogen-bond acceptors (Lipinski definition) is 4. The van der Waals surface area contributed by atoms with Crippen LogP contribution in [0, 0.1) is 0 Å². The van der Waals surface area contributed by atoms with Crippen molar-refractivity contribution in [3.63, 3.8) is 0 Å². The van der Waals surface area contributed by atoms with E-state index in [1.807, 2.05) is 43.3 Å². The number of primary sulfonamides is 1. The van der Waals surface area contributed by atoms with E-state index in [1.165, 1.54) is 6.07 Å². The van der Waals surface area contributed by atoms with E-state index < -0.39 is 10.0 Å². The molecule has 0 fully saturated rings. The van der Waals surface area contributed by atoms with E-state index in [4.69, 9.17) is 9.88 Å². The Kier molecular flexibility index (Phi) is 5.63. The quantitative estimate of drug-likeness (QED) is 0.630. The molecule has 1 aromatic heterocycles. The van der Waals surface area contributed by atoms with Gasteiger partial charge < -0.3 is 4.74 Å². The minimum Gasteiger partial charge on any atom is -0.497 e. The molecule has 6 heteroatoms. The summed E-state index contributed by atoms with van der Waals surface area (Å²) >= 11 is 0. The lowest BCUT2D eigenvalue weighted by Gasteiger charge is -2.16. The molecule has 1 atom stereocenters. The number of sulfonamides is 1. The fourth-order valence-corrected chi connectivity index (χ4v) is 3.74. The average molecular weight is 394 g/mol. The van der Waals surface area contributed by atoms with E-state index in [1.54, 1.807) is 31.5 Å². The molecule has 2 aromatic carbocycles. The number of benzene rings is 2. The zero-order valence-corrected chi connectivity index (χ0v) is 16.6. The molecular weight excluding hydrogens is 372 g/mol. The summed E-state index contributed by atoms with van der Waals surface area (Å²) in [5.74, 6) is 0.796. The molecule has 28 heavy (non-hydrogen) atoms. The van der Waals surface area contributed by atoms with Crippen LogP contribution in [0.4, 0.5) is 0 Å². The second kappa shape index (κ2) is 7.96. The number of ether oxygens (including phenoxy) is 1. The molecule has 3 rings (SSSR count). The second-order valence-corrected chi connectivity index (χ2v) is 7.99. The third-order valence-electron chi connectivity index (χ3n) is 4.64. The molecule has 0 aliphatic carbocycles. The van der Waals surface area contributed by atoms with Crippen LogP contribution in [0.25, 0.3) is 22.4 Å². The van der Waals surface area contributed by atoms with Crippen molar-refractivity contribution in [1.29, 1.82) is 0 Å². The van der Waals surface area contributed by atoms with Gasteiger partial charge in [-0.2, -0.15) is 0 Å². The Balaban J connectivity index is 2.29. The molecule has 0 saturated carbocycles. The molecule has 0 radical (unpaired) electrons. The standard InChI is InChI=1S/C22H22N2O3S/c1-4-15(2)17-13-20(19-7-5-6-8-21(19)28(23,25)26)22(24-14-17)16-9-11-18(27-3)12-10-16/h4-15H,1H2,2-3H3,(H2,23,25,26). The second-order valence-electron chi connectivity index (χ2n) is 6.46. The summed E-state index contributed by atoms with van der Waals surface area (Å²) in [4.78, 5) is 4.71. The summed E-state index contributed by atoms with van der Waals surface area (Å²) in [7, 11) is -2.29. The Morgan fingerprint density at radius 3 is 2.39 bits per heavy atom. The van der Waals surface area contributed by atoms with Crippen molar-refractivity contribution in [2.75, 3.05) is 7.11 Å². The molecule has 1 unspecified atom stereocenters. The number of allylic oxidation sites excluding steroid dienone is 1. The van der Waals surface area contributed by atoms with Crippen LogP contribution in [0.15, 0.2) is 78.3 Å². The summed E-state index contributed by atoms with van der Waals surface area (Å²) in [6.07, 6.45) is 3.61. The van der Waals surface area contributed by atoms with Crippen LogP contribution >= 0.6 is 0 Å². The molecule has 1 heterocycles. The van der Waals surface area contributed by atoms with Crippen molar-refractivity contribution < 1.29 is 13.2 Å². The Morgan fingerprint density at radius 2 is 1.79 bits per heavy atom. The zero-order valence-electron chi connectivity index (χ0n) is 15.8. The molecule has 0 spiro atoms. The van der Waals surface area contributed by atoms with Gasteiger partial charge in [0.15, 0.2) is 0 Å². The number of aromatic nitrogens is 1. The van der Waals surface area contributed by atoms with Gasteiger partial charge in [0.2, 0.25) is 10.0 Å². The highest BCUT2D eigenvalue weighted by Crippen LogP contribution is 2.36. The van der Waals surface area contributed by atoms with Crippen molar-refractivity contribution in [2.24, 2.45) is 5.14 Å². The highest BCUT2D eigenvalue weighted by atomic mass is 32.2. The van der Waals surface area contributed by atoms with Crippen LogP contribution < -0.4 is 9.88 Å². The van der Waals surface area contributed by atoms with E-state index in [0.29, 0.717) is 16.8 Å². The maximum absolute atomic E-state index is 12.2. The predicted molar refractivity (Wildman–Crippen MR) is 112 cm³/mol. The molecule has 0 saturated heterocycles. The Hall–Kier alpha value is -2.96. The van der Waals surface area contributed by atoms with E-state index in [0.717, 1.165) is 16.9 Å². The number of methoxy groups -OCH3 is 1. The molecule has 0 aliphatic rings. The van der Waals surface area contributed by atoms with Crippen LogP contribution in [0.3, 0.4) is 0 Å². The van der Waals surface area contributed by atoms with Crippen molar-refractivity contribution in [3.05, 3.63) is 79.0 Å². The topological polar surface area (TPSA) is 82.3 Å². The summed E-state index contributed by atoms with van der Waals surface area (Å²) in [5.41, 5.74) is 3.66. The smallest absolute Gasteiger partial charge is 0.238 e. The first-order valence-corrected chi connectivity index (χ1v) is 10.3. The Bertz CT molecular complexity index is 1110. The highest BCUT2D eigenvalue weighted by molar-refractivity contribution is 7.89. The monoisotopic (exact) mass is 394 g/mol. The molecular formula is C22H22N2O3S. The van der Waals surface area contributed by atoms with Gasteiger partial charge in [-0.05, 0) is 42.0 Å². The highest BCUT2D eigenvalue weighted by Gasteiger charge is 2.19. The van der Waals surface area contributed by atoms with Crippen molar-refractivity contribution in [2.45, 2.75) is 17.7 Å². The molecule has 144 valence electrons. The van der Waals surface area contributed by atoms with Crippen LogP contribution in [-0.2, 0) is 10.0 Å². The SMILES string of the molecule is C=CC(C)c1cnc(-c2ccc(OC)cc2)c(-c2ccccc2S(N)(=O)=O)c1. The molecule has 5 nitrogen and oxygen atoms in total. The van der Waals surface area contributed by atoms with Crippen LogP contribution in [0.2, 0.25) is 0 Å². The summed E-state index contributed by atoms with van der Waals surface area (Å²) in [6, 6.07) is 16.1. The van der Waals surface area contributed by atoms with Crippen molar-refractivity contribution >= 4 is 10.0 Å². The van der Waals surface area contributed by atoms with Crippen molar-refractivity contribution in [3.8, 4) is 28.1 Å². The van der Waals surface area contributed by atoms with Gasteiger partial charge in [-0.1, -0.05) is 31.2 Å². The lowest BCUT2D eigenvalue weighted by Crippen LogP contribution is -2.13. The number of rotatable bonds is 6. The first-order chi connectivity index (χ1) is 13.3. The molecule has 0 aliphatic heterocycles. The zero-order chi connectivity index (χ0) is 20.3. The van der Waals surface area contributed by atoms with Gasteiger partial charge in [0.05, 0.1) is 17.7 Å². The van der Waals surface area contributed by atoms with Gasteiger partial charge in [-0.25, -0.2) is 13.6 Å². The number of nitrogens with zero attached hydrogens (tertiary/aromatic N) is 1. The van der Waals surface area contributed by atoms with Gasteiger partial charge in [0.25, 0.3) is 0 Å². The third kappa shape index (κ3) is 3.98. The first-order valence-electron chi connectivity index (χ1n) is 8.74. The largest absolute Gasteiger partial charge is 0.497 e. The Labute approximate surface area is 165 Å². The number of pyridine rings is 1. The Morgan fingerprint density at radius 1 is 1.11 bits per heavy atom. The third-order valence-corrected chi connectivity index (χ3v) is 5.60. The average Bonchev–Trinajstić information content (AvgIpc) is 2.72. The number of hydrogen-bond donors (Lipinski definition) is 1. The summed E-state index contributed by atoms with van der Waals surface area (Å²) in [5, 5.41) is 5.46. The van der Waals surface area contributed by atoms with Gasteiger partial charge in [-0.15, -0.1) is 6.58 Å². The number of nitrogens with two attached hydrogens (primary N) is 1. The van der Waals surface area contributed by atoms with Gasteiger partial charge in [0, 0.05) is 28.8 Å². The minimum absolute atomic E-state index is 0.0648. The van der Waals surface area contributed by atoms with Crippen LogP contribution in [0.5, 0.6) is 5.75 Å². The molecule has 2 N–H and O–H groups in total. The maximum atomic E-state index is 12.2. The molecule has 0 bridgehead atoms. The fourth-order valence-electron chi connectivity index (χ4n) is 2.99. The van der Waals surface area contributed by atoms with E-state index >= 15 is 0 Å². The van der Waals surface area contributed by atoms with Crippen LogP contribution in [0.1, 0.15) is 18.4 Å². The summed E-state index contributed by atoms with van der Waals surface area (Å²) < 4.78 is 29.5. The minimum atomic E-state index is -3.90. The maximum Gasteiger partial charge on any atom is 0.238 e. The van der Waals surface area contributed by atoms with Gasteiger partial charge in [0.1, 0.15) is 5.75 Å². The van der Waals surface area contributed by atoms with Gasteiger partial charge >= 0.3 is 0 Å².